The van der Waals surface area contributed by atoms with E-state index in [1.807, 2.05) is 87.5 Å². The van der Waals surface area contributed by atoms with Crippen LogP contribution in [0.25, 0.3) is 6.08 Å². The summed E-state index contributed by atoms with van der Waals surface area (Å²) in [6.07, 6.45) is 1.66. The van der Waals surface area contributed by atoms with Gasteiger partial charge in [0, 0.05) is 21.8 Å². The second-order valence-electron chi connectivity index (χ2n) is 10.7. The molecule has 6 nitrogen and oxygen atoms in total. The Morgan fingerprint density at radius 1 is 0.721 bits per heavy atom. The molecule has 0 fully saturated rings. The van der Waals surface area contributed by atoms with E-state index >= 15 is 0 Å². The highest BCUT2D eigenvalue weighted by Crippen LogP contribution is 2.27. The third-order valence-electron chi connectivity index (χ3n) is 6.99. The zero-order valence-electron chi connectivity index (χ0n) is 25.1. The monoisotopic (exact) mass is 591 g/mol. The third kappa shape index (κ3) is 8.93. The molecule has 7 heteroatoms. The molecule has 0 aliphatic rings. The predicted octanol–water partition coefficient (Wildman–Crippen LogP) is 7.96. The maximum Gasteiger partial charge on any atom is 0.272 e. The Labute approximate surface area is 258 Å². The minimum Gasteiger partial charge on any atom is -0.325 e. The van der Waals surface area contributed by atoms with Crippen molar-refractivity contribution in [2.24, 2.45) is 0 Å². The standard InChI is InChI=1S/C36H37N3O3S/c1-23(2)28-17-15-27(16-18-28)21-33(39-35(41)29-10-7-6-8-11-29)36(42)38-30-12-9-13-32(22-30)43-26(5)34(40)37-31-19-14-24(3)25(4)20-31/h6-23,26H,1-5H3,(H,37,40)(H,38,42)(H,39,41)/b33-21+. The van der Waals surface area contributed by atoms with Crippen LogP contribution in [-0.4, -0.2) is 23.0 Å². The molecular weight excluding hydrogens is 554 g/mol. The number of carbonyl (C=O) groups excluding carboxylic acids is 3. The summed E-state index contributed by atoms with van der Waals surface area (Å²) in [7, 11) is 0. The van der Waals surface area contributed by atoms with Crippen molar-refractivity contribution in [1.29, 1.82) is 0 Å². The van der Waals surface area contributed by atoms with Gasteiger partial charge in [0.15, 0.2) is 0 Å². The minimum atomic E-state index is -0.458. The molecule has 1 atom stereocenters. The number of rotatable bonds is 10. The zero-order chi connectivity index (χ0) is 30.9. The summed E-state index contributed by atoms with van der Waals surface area (Å²) in [5, 5.41) is 8.30. The van der Waals surface area contributed by atoms with Crippen molar-refractivity contribution in [3.8, 4) is 0 Å². The molecule has 0 saturated heterocycles. The Hall–Kier alpha value is -4.62. The molecule has 1 unspecified atom stereocenters. The molecule has 0 aliphatic heterocycles. The van der Waals surface area contributed by atoms with Crippen LogP contribution < -0.4 is 16.0 Å². The van der Waals surface area contributed by atoms with Gasteiger partial charge >= 0.3 is 0 Å². The van der Waals surface area contributed by atoms with Crippen LogP contribution >= 0.6 is 11.8 Å². The molecule has 0 radical (unpaired) electrons. The number of hydrogen-bond donors (Lipinski definition) is 3. The van der Waals surface area contributed by atoms with Crippen LogP contribution in [0.5, 0.6) is 0 Å². The van der Waals surface area contributed by atoms with E-state index in [2.05, 4.69) is 29.8 Å². The van der Waals surface area contributed by atoms with Gasteiger partial charge < -0.3 is 16.0 Å². The Kier molecular flexibility index (Phi) is 10.6. The van der Waals surface area contributed by atoms with E-state index in [0.29, 0.717) is 17.2 Å². The summed E-state index contributed by atoms with van der Waals surface area (Å²) in [5.41, 5.74) is 6.12. The van der Waals surface area contributed by atoms with Crippen molar-refractivity contribution in [2.45, 2.75) is 50.7 Å². The lowest BCUT2D eigenvalue weighted by Crippen LogP contribution is -2.30. The average Bonchev–Trinajstić information content (AvgIpc) is 2.99. The van der Waals surface area contributed by atoms with Crippen LogP contribution in [0.15, 0.2) is 108 Å². The lowest BCUT2D eigenvalue weighted by molar-refractivity contribution is -0.115. The molecule has 220 valence electrons. The number of nitrogens with one attached hydrogen (secondary N) is 3. The summed E-state index contributed by atoms with van der Waals surface area (Å²) < 4.78 is 0. The van der Waals surface area contributed by atoms with E-state index in [9.17, 15) is 14.4 Å². The van der Waals surface area contributed by atoms with Crippen LogP contribution in [0.3, 0.4) is 0 Å². The first-order valence-electron chi connectivity index (χ1n) is 14.2. The van der Waals surface area contributed by atoms with Gasteiger partial charge in [0.05, 0.1) is 5.25 Å². The van der Waals surface area contributed by atoms with E-state index in [4.69, 9.17) is 0 Å². The molecular formula is C36H37N3O3S. The van der Waals surface area contributed by atoms with Crippen molar-refractivity contribution in [1.82, 2.24) is 5.32 Å². The van der Waals surface area contributed by atoms with Gasteiger partial charge in [-0.2, -0.15) is 0 Å². The van der Waals surface area contributed by atoms with Crippen LogP contribution in [0, 0.1) is 13.8 Å². The number of benzene rings is 4. The predicted molar refractivity (Wildman–Crippen MR) is 177 cm³/mol. The largest absolute Gasteiger partial charge is 0.325 e. The number of hydrogen-bond acceptors (Lipinski definition) is 4. The van der Waals surface area contributed by atoms with E-state index in [1.165, 1.54) is 22.9 Å². The number of carbonyl (C=O) groups is 3. The molecule has 0 spiro atoms. The highest BCUT2D eigenvalue weighted by atomic mass is 32.2. The second kappa shape index (κ2) is 14.5. The minimum absolute atomic E-state index is 0.111. The third-order valence-corrected chi connectivity index (χ3v) is 8.09. The summed E-state index contributed by atoms with van der Waals surface area (Å²) in [4.78, 5) is 40.2. The topological polar surface area (TPSA) is 87.3 Å². The van der Waals surface area contributed by atoms with Gasteiger partial charge in [-0.05, 0) is 97.5 Å². The first-order chi connectivity index (χ1) is 20.6. The average molecular weight is 592 g/mol. The zero-order valence-corrected chi connectivity index (χ0v) is 25.9. The quantitative estimate of drug-likeness (QED) is 0.129. The fourth-order valence-corrected chi connectivity index (χ4v) is 5.18. The van der Waals surface area contributed by atoms with Crippen LogP contribution in [0.4, 0.5) is 11.4 Å². The fraction of sp³-hybridized carbons (Fsp3) is 0.194. The molecule has 0 heterocycles. The Bertz CT molecular complexity index is 1630. The van der Waals surface area contributed by atoms with Gasteiger partial charge in [0.25, 0.3) is 11.8 Å². The molecule has 0 bridgehead atoms. The Morgan fingerprint density at radius 2 is 1.42 bits per heavy atom. The summed E-state index contributed by atoms with van der Waals surface area (Å²) >= 11 is 1.39. The number of thioether (sulfide) groups is 1. The lowest BCUT2D eigenvalue weighted by atomic mass is 10.0. The molecule has 43 heavy (non-hydrogen) atoms. The van der Waals surface area contributed by atoms with Crippen LogP contribution in [0.2, 0.25) is 0 Å². The van der Waals surface area contributed by atoms with Crippen molar-refractivity contribution < 1.29 is 14.4 Å². The lowest BCUT2D eigenvalue weighted by Gasteiger charge is -2.15. The van der Waals surface area contributed by atoms with Crippen molar-refractivity contribution in [3.63, 3.8) is 0 Å². The van der Waals surface area contributed by atoms with E-state index in [0.717, 1.165) is 21.7 Å². The van der Waals surface area contributed by atoms with Crippen LogP contribution in [-0.2, 0) is 9.59 Å². The molecule has 0 aliphatic carbocycles. The molecule has 4 aromatic carbocycles. The van der Waals surface area contributed by atoms with Gasteiger partial charge in [0.1, 0.15) is 5.70 Å². The first kappa shape index (κ1) is 31.3. The van der Waals surface area contributed by atoms with Gasteiger partial charge in [-0.25, -0.2) is 0 Å². The molecule has 3 amide bonds. The van der Waals surface area contributed by atoms with Gasteiger partial charge in [-0.3, -0.25) is 14.4 Å². The maximum atomic E-state index is 13.5. The van der Waals surface area contributed by atoms with Crippen molar-refractivity contribution in [3.05, 3.63) is 131 Å². The van der Waals surface area contributed by atoms with Gasteiger partial charge in [-0.15, -0.1) is 11.8 Å². The summed E-state index contributed by atoms with van der Waals surface area (Å²) in [6, 6.07) is 29.8. The van der Waals surface area contributed by atoms with Crippen molar-refractivity contribution in [2.75, 3.05) is 10.6 Å². The number of amides is 3. The summed E-state index contributed by atoms with van der Waals surface area (Å²) in [6.45, 7) is 10.1. The Morgan fingerprint density at radius 3 is 2.09 bits per heavy atom. The SMILES string of the molecule is Cc1ccc(NC(=O)C(C)Sc2cccc(NC(=O)/C(=C\c3ccc(C(C)C)cc3)NC(=O)c3ccccc3)c2)cc1C. The number of anilines is 2. The molecule has 4 aromatic rings. The second-order valence-corrected chi connectivity index (χ2v) is 12.1. The fourth-order valence-electron chi connectivity index (χ4n) is 4.25. The highest BCUT2D eigenvalue weighted by Gasteiger charge is 2.18. The molecule has 0 saturated carbocycles. The molecule has 0 aromatic heterocycles. The smallest absolute Gasteiger partial charge is 0.272 e. The van der Waals surface area contributed by atoms with Gasteiger partial charge in [-0.1, -0.05) is 68.4 Å². The van der Waals surface area contributed by atoms with E-state index < -0.39 is 5.91 Å². The highest BCUT2D eigenvalue weighted by molar-refractivity contribution is 8.00. The normalized spacial score (nSPS) is 12.0. The summed E-state index contributed by atoms with van der Waals surface area (Å²) in [5.74, 6) is -0.571. The maximum absolute atomic E-state index is 13.5. The number of aryl methyl sites for hydroxylation is 2. The van der Waals surface area contributed by atoms with E-state index in [-0.39, 0.29) is 22.8 Å². The molecule has 3 N–H and O–H groups in total. The van der Waals surface area contributed by atoms with Crippen molar-refractivity contribution >= 4 is 46.9 Å². The Balaban J connectivity index is 1.49. The van der Waals surface area contributed by atoms with E-state index in [1.54, 1.807) is 36.4 Å². The van der Waals surface area contributed by atoms with Crippen LogP contribution in [0.1, 0.15) is 59.3 Å². The van der Waals surface area contributed by atoms with Gasteiger partial charge in [0.2, 0.25) is 5.91 Å². The first-order valence-corrected chi connectivity index (χ1v) is 15.1. The molecule has 4 rings (SSSR count).